The SMILES string of the molecule is COCCNCCN(C)Cc1c[nH]c(C)cc1=O. The molecule has 0 radical (unpaired) electrons. The minimum Gasteiger partial charge on any atom is -0.383 e. The molecule has 0 aromatic carbocycles. The lowest BCUT2D eigenvalue weighted by Gasteiger charge is -2.16. The molecule has 1 heterocycles. The molecule has 0 spiro atoms. The summed E-state index contributed by atoms with van der Waals surface area (Å²) in [5.41, 5.74) is 1.80. The van der Waals surface area contributed by atoms with Gasteiger partial charge < -0.3 is 19.9 Å². The van der Waals surface area contributed by atoms with Gasteiger partial charge in [-0.15, -0.1) is 0 Å². The molecule has 0 fully saturated rings. The van der Waals surface area contributed by atoms with Crippen LogP contribution in [0.2, 0.25) is 0 Å². The van der Waals surface area contributed by atoms with Gasteiger partial charge in [-0.1, -0.05) is 0 Å². The molecule has 0 atom stereocenters. The van der Waals surface area contributed by atoms with Crippen LogP contribution >= 0.6 is 0 Å². The van der Waals surface area contributed by atoms with Crippen molar-refractivity contribution in [2.24, 2.45) is 0 Å². The van der Waals surface area contributed by atoms with Crippen LogP contribution in [0, 0.1) is 6.92 Å². The van der Waals surface area contributed by atoms with Crippen molar-refractivity contribution in [1.29, 1.82) is 0 Å². The van der Waals surface area contributed by atoms with Crippen molar-refractivity contribution in [2.45, 2.75) is 13.5 Å². The fourth-order valence-electron chi connectivity index (χ4n) is 1.67. The lowest BCUT2D eigenvalue weighted by atomic mass is 10.2. The Kier molecular flexibility index (Phi) is 6.64. The van der Waals surface area contributed by atoms with E-state index in [1.54, 1.807) is 19.4 Å². The number of aromatic nitrogens is 1. The second kappa shape index (κ2) is 8.02. The molecule has 0 aliphatic heterocycles. The van der Waals surface area contributed by atoms with E-state index in [1.165, 1.54) is 0 Å². The Labute approximate surface area is 108 Å². The average Bonchev–Trinajstić information content (AvgIpc) is 2.32. The molecule has 5 heteroatoms. The van der Waals surface area contributed by atoms with E-state index in [2.05, 4.69) is 15.2 Å². The molecule has 0 aliphatic carbocycles. The van der Waals surface area contributed by atoms with Gasteiger partial charge in [0, 0.05) is 56.8 Å². The first-order valence-electron chi connectivity index (χ1n) is 6.20. The number of hydrogen-bond donors (Lipinski definition) is 2. The Balaban J connectivity index is 2.31. The van der Waals surface area contributed by atoms with Gasteiger partial charge in [0.1, 0.15) is 0 Å². The van der Waals surface area contributed by atoms with Crippen LogP contribution in [-0.4, -0.2) is 50.3 Å². The number of H-pyrrole nitrogens is 1. The van der Waals surface area contributed by atoms with Crippen molar-refractivity contribution in [1.82, 2.24) is 15.2 Å². The molecule has 0 saturated heterocycles. The van der Waals surface area contributed by atoms with E-state index in [0.29, 0.717) is 6.54 Å². The monoisotopic (exact) mass is 253 g/mol. The summed E-state index contributed by atoms with van der Waals surface area (Å²) in [5, 5.41) is 3.27. The van der Waals surface area contributed by atoms with E-state index in [-0.39, 0.29) is 5.43 Å². The van der Waals surface area contributed by atoms with E-state index < -0.39 is 0 Å². The predicted molar refractivity (Wildman–Crippen MR) is 72.9 cm³/mol. The number of aryl methyl sites for hydroxylation is 1. The Hall–Kier alpha value is -1.17. The van der Waals surface area contributed by atoms with Gasteiger partial charge in [0.15, 0.2) is 5.43 Å². The lowest BCUT2D eigenvalue weighted by molar-refractivity contribution is 0.197. The Morgan fingerprint density at radius 1 is 1.44 bits per heavy atom. The molecule has 5 nitrogen and oxygen atoms in total. The minimum atomic E-state index is 0.102. The first-order chi connectivity index (χ1) is 8.63. The van der Waals surface area contributed by atoms with Crippen LogP contribution in [0.1, 0.15) is 11.3 Å². The van der Waals surface area contributed by atoms with Crippen LogP contribution in [0.3, 0.4) is 0 Å². The topological polar surface area (TPSA) is 57.4 Å². The standard InChI is InChI=1S/C13H23N3O2/c1-11-8-13(17)12(9-15-11)10-16(2)6-4-14-5-7-18-3/h8-9,14H,4-7,10H2,1-3H3,(H,15,17). The molecule has 1 aromatic heterocycles. The van der Waals surface area contributed by atoms with Gasteiger partial charge in [0.05, 0.1) is 6.61 Å². The molecule has 18 heavy (non-hydrogen) atoms. The quantitative estimate of drug-likeness (QED) is 0.656. The number of methoxy groups -OCH3 is 1. The summed E-state index contributed by atoms with van der Waals surface area (Å²) in [6, 6.07) is 1.64. The van der Waals surface area contributed by atoms with Gasteiger partial charge in [-0.2, -0.15) is 0 Å². The normalized spacial score (nSPS) is 11.1. The number of rotatable bonds is 8. The van der Waals surface area contributed by atoms with Crippen LogP contribution < -0.4 is 10.7 Å². The maximum atomic E-state index is 11.7. The molecule has 0 amide bonds. The molecule has 0 bridgehead atoms. The van der Waals surface area contributed by atoms with Crippen molar-refractivity contribution < 1.29 is 4.74 Å². The number of nitrogens with one attached hydrogen (secondary N) is 2. The van der Waals surface area contributed by atoms with Gasteiger partial charge in [-0.25, -0.2) is 0 Å². The maximum absolute atomic E-state index is 11.7. The maximum Gasteiger partial charge on any atom is 0.186 e. The van der Waals surface area contributed by atoms with E-state index in [4.69, 9.17) is 4.74 Å². The van der Waals surface area contributed by atoms with Crippen LogP contribution in [0.15, 0.2) is 17.1 Å². The van der Waals surface area contributed by atoms with E-state index >= 15 is 0 Å². The third-order valence-electron chi connectivity index (χ3n) is 2.73. The lowest BCUT2D eigenvalue weighted by Crippen LogP contribution is -2.31. The Morgan fingerprint density at radius 3 is 2.89 bits per heavy atom. The highest BCUT2D eigenvalue weighted by atomic mass is 16.5. The summed E-state index contributed by atoms with van der Waals surface area (Å²) in [6.45, 7) is 5.92. The summed E-state index contributed by atoms with van der Waals surface area (Å²) in [4.78, 5) is 16.9. The first-order valence-corrected chi connectivity index (χ1v) is 6.20. The van der Waals surface area contributed by atoms with E-state index in [9.17, 15) is 4.79 Å². The minimum absolute atomic E-state index is 0.102. The molecule has 1 rings (SSSR count). The third-order valence-corrected chi connectivity index (χ3v) is 2.73. The second-order valence-corrected chi connectivity index (χ2v) is 4.49. The number of nitrogens with zero attached hydrogens (tertiary/aromatic N) is 1. The molecule has 0 aliphatic rings. The average molecular weight is 253 g/mol. The van der Waals surface area contributed by atoms with E-state index in [1.807, 2.05) is 14.0 Å². The Morgan fingerprint density at radius 2 is 2.22 bits per heavy atom. The number of hydrogen-bond acceptors (Lipinski definition) is 4. The van der Waals surface area contributed by atoms with Crippen molar-refractivity contribution in [2.75, 3.05) is 40.4 Å². The van der Waals surface area contributed by atoms with Crippen molar-refractivity contribution in [3.05, 3.63) is 33.7 Å². The summed E-state index contributed by atoms with van der Waals surface area (Å²) in [5.74, 6) is 0. The predicted octanol–water partition coefficient (Wildman–Crippen LogP) is 0.351. The second-order valence-electron chi connectivity index (χ2n) is 4.49. The van der Waals surface area contributed by atoms with Crippen LogP contribution in [0.4, 0.5) is 0 Å². The third kappa shape index (κ3) is 5.44. The smallest absolute Gasteiger partial charge is 0.186 e. The van der Waals surface area contributed by atoms with Crippen LogP contribution in [-0.2, 0) is 11.3 Å². The van der Waals surface area contributed by atoms with Crippen LogP contribution in [0.25, 0.3) is 0 Å². The zero-order valence-corrected chi connectivity index (χ0v) is 11.5. The van der Waals surface area contributed by atoms with Gasteiger partial charge in [0.25, 0.3) is 0 Å². The van der Waals surface area contributed by atoms with Crippen LogP contribution in [0.5, 0.6) is 0 Å². The molecular formula is C13H23N3O2. The summed E-state index contributed by atoms with van der Waals surface area (Å²) in [7, 11) is 3.70. The number of aromatic amines is 1. The van der Waals surface area contributed by atoms with Gasteiger partial charge in [-0.05, 0) is 14.0 Å². The molecule has 2 N–H and O–H groups in total. The zero-order valence-electron chi connectivity index (χ0n) is 11.5. The fraction of sp³-hybridized carbons (Fsp3) is 0.615. The van der Waals surface area contributed by atoms with Gasteiger partial charge in [-0.3, -0.25) is 4.79 Å². The first kappa shape index (κ1) is 14.9. The molecule has 102 valence electrons. The Bertz CT molecular complexity index is 403. The summed E-state index contributed by atoms with van der Waals surface area (Å²) < 4.78 is 4.95. The largest absolute Gasteiger partial charge is 0.383 e. The highest BCUT2D eigenvalue weighted by Gasteiger charge is 2.03. The van der Waals surface area contributed by atoms with E-state index in [0.717, 1.165) is 37.5 Å². The number of likely N-dealkylation sites (N-methyl/N-ethyl adjacent to an activating group) is 1. The number of pyridine rings is 1. The zero-order chi connectivity index (χ0) is 13.4. The van der Waals surface area contributed by atoms with Crippen molar-refractivity contribution >= 4 is 0 Å². The van der Waals surface area contributed by atoms with Crippen molar-refractivity contribution in [3.8, 4) is 0 Å². The molecule has 0 unspecified atom stereocenters. The number of ether oxygens (including phenoxy) is 1. The molecule has 1 aromatic rings. The summed E-state index contributed by atoms with van der Waals surface area (Å²) in [6.07, 6.45) is 1.80. The fourth-order valence-corrected chi connectivity index (χ4v) is 1.67. The van der Waals surface area contributed by atoms with Gasteiger partial charge >= 0.3 is 0 Å². The molecule has 0 saturated carbocycles. The highest BCUT2D eigenvalue weighted by Crippen LogP contribution is 1.96. The highest BCUT2D eigenvalue weighted by molar-refractivity contribution is 5.13. The van der Waals surface area contributed by atoms with Gasteiger partial charge in [0.2, 0.25) is 0 Å². The summed E-state index contributed by atoms with van der Waals surface area (Å²) >= 11 is 0. The van der Waals surface area contributed by atoms with Crippen molar-refractivity contribution in [3.63, 3.8) is 0 Å². The molecular weight excluding hydrogens is 230 g/mol.